The zero-order valence-corrected chi connectivity index (χ0v) is 18.8. The smallest absolute Gasteiger partial charge is 0.0351 e. The molecule has 0 heteroatoms. The van der Waals surface area contributed by atoms with Gasteiger partial charge in [-0.05, 0) is 26.2 Å². The van der Waals surface area contributed by atoms with Crippen molar-refractivity contribution < 1.29 is 0 Å². The van der Waals surface area contributed by atoms with Crippen molar-refractivity contribution in [1.29, 1.82) is 0 Å². The first-order valence-electron chi connectivity index (χ1n) is 12.6. The van der Waals surface area contributed by atoms with E-state index in [9.17, 15) is 0 Å². The molecule has 0 N–H and O–H groups in total. The molecule has 160 valence electrons. The predicted octanol–water partition coefficient (Wildman–Crippen LogP) is 10.2. The van der Waals surface area contributed by atoms with E-state index in [0.29, 0.717) is 0 Å². The third kappa shape index (κ3) is 25.7. The number of hydrogen-bond donors (Lipinski definition) is 0. The van der Waals surface area contributed by atoms with Gasteiger partial charge in [0.1, 0.15) is 0 Å². The van der Waals surface area contributed by atoms with Crippen molar-refractivity contribution in [2.75, 3.05) is 0 Å². The van der Waals surface area contributed by atoms with Crippen LogP contribution in [0.2, 0.25) is 0 Å². The van der Waals surface area contributed by atoms with Crippen LogP contribution in [0, 0.1) is 13.8 Å². The monoisotopic (exact) mass is 376 g/mol. The molecule has 0 spiro atoms. The van der Waals surface area contributed by atoms with E-state index in [0.717, 1.165) is 12.8 Å². The number of unbranched alkanes of at least 4 members (excludes halogenated alkanes) is 21. The number of rotatable bonds is 23. The van der Waals surface area contributed by atoms with Gasteiger partial charge in [-0.25, -0.2) is 0 Å². The molecule has 0 aromatic carbocycles. The SMILES string of the molecule is [CH2]C/C=C/CCCCCCCCCCCCCCCCCCCCCC[CH2]. The Balaban J connectivity index is 2.98. The molecule has 0 aliphatic rings. The number of hydrogen-bond acceptors (Lipinski definition) is 0. The van der Waals surface area contributed by atoms with Crippen LogP contribution in [0.1, 0.15) is 148 Å². The summed E-state index contributed by atoms with van der Waals surface area (Å²) in [4.78, 5) is 0. The zero-order chi connectivity index (χ0) is 19.7. The van der Waals surface area contributed by atoms with Crippen LogP contribution in [0.3, 0.4) is 0 Å². The first-order valence-corrected chi connectivity index (χ1v) is 12.6. The van der Waals surface area contributed by atoms with Crippen LogP contribution in [0.25, 0.3) is 0 Å². The summed E-state index contributed by atoms with van der Waals surface area (Å²) in [5.41, 5.74) is 0. The van der Waals surface area contributed by atoms with Gasteiger partial charge in [0.2, 0.25) is 0 Å². The Morgan fingerprint density at radius 1 is 0.333 bits per heavy atom. The van der Waals surface area contributed by atoms with Gasteiger partial charge in [0, 0.05) is 0 Å². The Labute approximate surface area is 174 Å². The average molecular weight is 377 g/mol. The van der Waals surface area contributed by atoms with Gasteiger partial charge in [0.15, 0.2) is 0 Å². The molecular weight excluding hydrogens is 324 g/mol. The lowest BCUT2D eigenvalue weighted by atomic mass is 10.0. The predicted molar refractivity (Wildman–Crippen MR) is 126 cm³/mol. The number of allylic oxidation sites excluding steroid dienone is 2. The quantitative estimate of drug-likeness (QED) is 0.123. The van der Waals surface area contributed by atoms with Gasteiger partial charge in [0.25, 0.3) is 0 Å². The average Bonchev–Trinajstić information content (AvgIpc) is 2.68. The third-order valence-electron chi connectivity index (χ3n) is 5.70. The van der Waals surface area contributed by atoms with Crippen LogP contribution >= 0.6 is 0 Å². The Bertz CT molecular complexity index is 265. The minimum absolute atomic E-state index is 0.942. The summed E-state index contributed by atoms with van der Waals surface area (Å²) in [6, 6.07) is 0. The molecule has 0 atom stereocenters. The fourth-order valence-electron chi connectivity index (χ4n) is 3.86. The van der Waals surface area contributed by atoms with Gasteiger partial charge in [-0.2, -0.15) is 0 Å². The molecule has 0 aliphatic heterocycles. The normalized spacial score (nSPS) is 11.6. The highest BCUT2D eigenvalue weighted by Gasteiger charge is 1.95. The van der Waals surface area contributed by atoms with Crippen molar-refractivity contribution in [1.82, 2.24) is 0 Å². The molecule has 0 aromatic rings. The highest BCUT2D eigenvalue weighted by Crippen LogP contribution is 2.15. The van der Waals surface area contributed by atoms with Crippen LogP contribution < -0.4 is 0 Å². The van der Waals surface area contributed by atoms with Crippen LogP contribution in [0.5, 0.6) is 0 Å². The highest BCUT2D eigenvalue weighted by molar-refractivity contribution is 4.81. The highest BCUT2D eigenvalue weighted by atomic mass is 14.0. The summed E-state index contributed by atoms with van der Waals surface area (Å²) in [6.45, 7) is 7.73. The second-order valence-electron chi connectivity index (χ2n) is 8.47. The van der Waals surface area contributed by atoms with Gasteiger partial charge in [-0.3, -0.25) is 0 Å². The zero-order valence-electron chi connectivity index (χ0n) is 18.8. The largest absolute Gasteiger partial charge is 0.0885 e. The topological polar surface area (TPSA) is 0 Å². The van der Waals surface area contributed by atoms with Crippen molar-refractivity contribution >= 4 is 0 Å². The van der Waals surface area contributed by atoms with Crippen LogP contribution in [0.15, 0.2) is 12.2 Å². The first kappa shape index (κ1) is 26.7. The molecule has 0 fully saturated rings. The lowest BCUT2D eigenvalue weighted by Crippen LogP contribution is -1.84. The van der Waals surface area contributed by atoms with Crippen LogP contribution in [0.4, 0.5) is 0 Å². The Hall–Kier alpha value is -0.260. The summed E-state index contributed by atoms with van der Waals surface area (Å²) >= 11 is 0. The van der Waals surface area contributed by atoms with E-state index in [1.165, 1.54) is 135 Å². The Kier molecular flexibility index (Phi) is 25.5. The molecular formula is C27H52. The molecule has 0 heterocycles. The van der Waals surface area contributed by atoms with E-state index in [2.05, 4.69) is 26.0 Å². The molecule has 0 amide bonds. The molecule has 0 nitrogen and oxygen atoms in total. The van der Waals surface area contributed by atoms with E-state index in [1.54, 1.807) is 0 Å². The Morgan fingerprint density at radius 2 is 0.630 bits per heavy atom. The first-order chi connectivity index (χ1) is 13.4. The van der Waals surface area contributed by atoms with E-state index in [4.69, 9.17) is 0 Å². The minimum Gasteiger partial charge on any atom is -0.0885 e. The summed E-state index contributed by atoms with van der Waals surface area (Å²) in [5.74, 6) is 0. The molecule has 0 saturated carbocycles. The second-order valence-corrected chi connectivity index (χ2v) is 8.47. The van der Waals surface area contributed by atoms with Crippen LogP contribution in [-0.4, -0.2) is 0 Å². The maximum absolute atomic E-state index is 3.91. The van der Waals surface area contributed by atoms with Crippen molar-refractivity contribution in [3.05, 3.63) is 26.0 Å². The van der Waals surface area contributed by atoms with Gasteiger partial charge in [-0.1, -0.05) is 147 Å². The van der Waals surface area contributed by atoms with Crippen molar-refractivity contribution in [3.63, 3.8) is 0 Å². The van der Waals surface area contributed by atoms with Gasteiger partial charge >= 0.3 is 0 Å². The fourth-order valence-corrected chi connectivity index (χ4v) is 3.86. The minimum atomic E-state index is 0.942. The van der Waals surface area contributed by atoms with Crippen molar-refractivity contribution in [2.45, 2.75) is 148 Å². The van der Waals surface area contributed by atoms with Crippen molar-refractivity contribution in [3.8, 4) is 0 Å². The third-order valence-corrected chi connectivity index (χ3v) is 5.70. The maximum atomic E-state index is 3.91. The van der Waals surface area contributed by atoms with Gasteiger partial charge in [0.05, 0.1) is 0 Å². The summed E-state index contributed by atoms with van der Waals surface area (Å²) < 4.78 is 0. The maximum Gasteiger partial charge on any atom is -0.0351 e. The van der Waals surface area contributed by atoms with E-state index in [1.807, 2.05) is 0 Å². The summed E-state index contributed by atoms with van der Waals surface area (Å²) in [7, 11) is 0. The second kappa shape index (κ2) is 25.7. The fraction of sp³-hybridized carbons (Fsp3) is 0.852. The lowest BCUT2D eigenvalue weighted by Gasteiger charge is -2.04. The summed E-state index contributed by atoms with van der Waals surface area (Å²) in [5, 5.41) is 0. The van der Waals surface area contributed by atoms with Gasteiger partial charge < -0.3 is 0 Å². The van der Waals surface area contributed by atoms with E-state index >= 15 is 0 Å². The molecule has 0 bridgehead atoms. The van der Waals surface area contributed by atoms with Crippen molar-refractivity contribution in [2.24, 2.45) is 0 Å². The Morgan fingerprint density at radius 3 is 0.926 bits per heavy atom. The molecule has 27 heavy (non-hydrogen) atoms. The van der Waals surface area contributed by atoms with E-state index < -0.39 is 0 Å². The summed E-state index contributed by atoms with van der Waals surface area (Å²) in [6.07, 6.45) is 36.8. The van der Waals surface area contributed by atoms with E-state index in [-0.39, 0.29) is 0 Å². The molecule has 0 aromatic heterocycles. The van der Waals surface area contributed by atoms with Crippen LogP contribution in [-0.2, 0) is 0 Å². The molecule has 0 aliphatic carbocycles. The van der Waals surface area contributed by atoms with Gasteiger partial charge in [-0.15, -0.1) is 0 Å². The standard InChI is InChI=1S/C27H52/c1-3-5-7-9-11-13-15-17-19-21-23-25-27-26-24-22-20-18-16-14-12-10-8-6-4-2/h5,7H,1-4,6,8-27H2/b7-5+. The molecule has 0 saturated heterocycles. The molecule has 0 unspecified atom stereocenters. The molecule has 0 rings (SSSR count). The molecule has 2 radical (unpaired) electrons. The lowest BCUT2D eigenvalue weighted by molar-refractivity contribution is 0.521.